The molecular weight excluding hydrogens is 233 g/mol. The Morgan fingerprint density at radius 2 is 1.80 bits per heavy atom. The highest BCUT2D eigenvalue weighted by atomic mass is 35.5. The molecule has 2 atom stereocenters. The third-order valence-corrected chi connectivity index (χ3v) is 2.18. The molecular formula is C9H8ClF3O2. The van der Waals surface area contributed by atoms with Crippen LogP contribution in [0.25, 0.3) is 0 Å². The molecule has 1 aromatic rings. The van der Waals surface area contributed by atoms with Gasteiger partial charge in [0.2, 0.25) is 0 Å². The Hall–Kier alpha value is -0.780. The zero-order chi connectivity index (χ0) is 11.6. The number of aliphatic hydroxyl groups excluding tert-OH is 2. The molecule has 2 nitrogen and oxygen atoms in total. The summed E-state index contributed by atoms with van der Waals surface area (Å²) in [5, 5.41) is 18.4. The summed E-state index contributed by atoms with van der Waals surface area (Å²) < 4.78 is 38.5. The number of hydrogen-bond acceptors (Lipinski definition) is 2. The van der Waals surface area contributed by atoms with Gasteiger partial charge in [0.05, 0.1) is 12.0 Å². The lowest BCUT2D eigenvalue weighted by Gasteiger charge is -2.16. The third-order valence-electron chi connectivity index (χ3n) is 1.86. The molecule has 0 radical (unpaired) electrons. The fourth-order valence-corrected chi connectivity index (χ4v) is 1.25. The van der Waals surface area contributed by atoms with Crippen molar-refractivity contribution in [2.75, 3.05) is 5.88 Å². The molecule has 0 saturated heterocycles. The number of hydrogen-bond donors (Lipinski definition) is 2. The molecule has 0 aromatic heterocycles. The molecule has 0 aliphatic heterocycles. The summed E-state index contributed by atoms with van der Waals surface area (Å²) in [5.41, 5.74) is -0.652. The van der Waals surface area contributed by atoms with Gasteiger partial charge in [-0.25, -0.2) is 13.2 Å². The van der Waals surface area contributed by atoms with Crippen molar-refractivity contribution in [3.8, 4) is 0 Å². The molecule has 0 bridgehead atoms. The molecule has 2 N–H and O–H groups in total. The maximum absolute atomic E-state index is 13.1. The summed E-state index contributed by atoms with van der Waals surface area (Å²) in [4.78, 5) is 0. The standard InChI is InChI=1S/C9H8ClF3O2/c10-3-7(14)9(15)5-1-4(11)2-6(12)8(5)13/h1-2,7,9,14-15H,3H2. The minimum atomic E-state index is -1.76. The molecule has 0 saturated carbocycles. The third kappa shape index (κ3) is 2.62. The Kier molecular flexibility index (Phi) is 3.96. The quantitative estimate of drug-likeness (QED) is 0.624. The largest absolute Gasteiger partial charge is 0.389 e. The Bertz CT molecular complexity index is 359. The van der Waals surface area contributed by atoms with Crippen LogP contribution in [0.2, 0.25) is 0 Å². The minimum Gasteiger partial charge on any atom is -0.389 e. The Labute approximate surface area is 88.9 Å². The minimum absolute atomic E-state index is 0.346. The first-order valence-electron chi connectivity index (χ1n) is 4.04. The second kappa shape index (κ2) is 4.83. The van der Waals surface area contributed by atoms with Crippen LogP contribution in [-0.2, 0) is 0 Å². The second-order valence-corrected chi connectivity index (χ2v) is 3.27. The molecule has 84 valence electrons. The summed E-state index contributed by atoms with van der Waals surface area (Å²) in [6.45, 7) is 0. The van der Waals surface area contributed by atoms with E-state index < -0.39 is 35.2 Å². The molecule has 1 rings (SSSR count). The van der Waals surface area contributed by atoms with E-state index in [0.29, 0.717) is 12.1 Å². The molecule has 0 amide bonds. The normalized spacial score (nSPS) is 15.1. The zero-order valence-electron chi connectivity index (χ0n) is 7.42. The molecule has 0 spiro atoms. The highest BCUT2D eigenvalue weighted by molar-refractivity contribution is 6.18. The van der Waals surface area contributed by atoms with Gasteiger partial charge in [-0.05, 0) is 6.07 Å². The van der Waals surface area contributed by atoms with E-state index in [-0.39, 0.29) is 5.88 Å². The summed E-state index contributed by atoms with van der Waals surface area (Å²) in [7, 11) is 0. The van der Waals surface area contributed by atoms with Gasteiger partial charge in [-0.15, -0.1) is 11.6 Å². The molecule has 2 unspecified atom stereocenters. The predicted molar refractivity (Wildman–Crippen MR) is 48.0 cm³/mol. The molecule has 0 aliphatic carbocycles. The van der Waals surface area contributed by atoms with E-state index >= 15 is 0 Å². The van der Waals surface area contributed by atoms with Crippen molar-refractivity contribution in [2.45, 2.75) is 12.2 Å². The predicted octanol–water partition coefficient (Wildman–Crippen LogP) is 1.74. The van der Waals surface area contributed by atoms with Gasteiger partial charge in [-0.3, -0.25) is 0 Å². The first-order valence-corrected chi connectivity index (χ1v) is 4.57. The molecule has 0 heterocycles. The first kappa shape index (κ1) is 12.3. The van der Waals surface area contributed by atoms with Gasteiger partial charge in [0.25, 0.3) is 0 Å². The summed E-state index contributed by atoms with van der Waals surface area (Å²) in [6.07, 6.45) is -3.24. The second-order valence-electron chi connectivity index (χ2n) is 2.96. The van der Waals surface area contributed by atoms with Gasteiger partial charge in [-0.2, -0.15) is 0 Å². The van der Waals surface area contributed by atoms with E-state index in [4.69, 9.17) is 16.7 Å². The average molecular weight is 241 g/mol. The monoisotopic (exact) mass is 240 g/mol. The van der Waals surface area contributed by atoms with E-state index in [1.54, 1.807) is 0 Å². The zero-order valence-corrected chi connectivity index (χ0v) is 8.18. The molecule has 0 aliphatic rings. The average Bonchev–Trinajstić information content (AvgIpc) is 2.21. The number of halogens is 4. The van der Waals surface area contributed by atoms with Crippen molar-refractivity contribution in [3.63, 3.8) is 0 Å². The Morgan fingerprint density at radius 1 is 1.20 bits per heavy atom. The lowest BCUT2D eigenvalue weighted by molar-refractivity contribution is 0.0298. The summed E-state index contributed by atoms with van der Waals surface area (Å²) >= 11 is 5.21. The van der Waals surface area contributed by atoms with Gasteiger partial charge in [0.1, 0.15) is 11.9 Å². The SMILES string of the molecule is OC(CCl)C(O)c1cc(F)cc(F)c1F. The number of rotatable bonds is 3. The highest BCUT2D eigenvalue weighted by Crippen LogP contribution is 2.23. The maximum Gasteiger partial charge on any atom is 0.164 e. The van der Waals surface area contributed by atoms with Gasteiger partial charge in [-0.1, -0.05) is 0 Å². The molecule has 0 fully saturated rings. The van der Waals surface area contributed by atoms with E-state index in [2.05, 4.69) is 0 Å². The highest BCUT2D eigenvalue weighted by Gasteiger charge is 2.23. The maximum atomic E-state index is 13.1. The van der Waals surface area contributed by atoms with Crippen LogP contribution in [0.1, 0.15) is 11.7 Å². The number of benzene rings is 1. The molecule has 6 heteroatoms. The lowest BCUT2D eigenvalue weighted by Crippen LogP contribution is -2.21. The number of alkyl halides is 1. The van der Waals surface area contributed by atoms with Crippen LogP contribution >= 0.6 is 11.6 Å². The van der Waals surface area contributed by atoms with Crippen LogP contribution in [-0.4, -0.2) is 22.2 Å². The molecule has 1 aromatic carbocycles. The van der Waals surface area contributed by atoms with Crippen LogP contribution in [0.5, 0.6) is 0 Å². The van der Waals surface area contributed by atoms with Crippen LogP contribution < -0.4 is 0 Å². The van der Waals surface area contributed by atoms with Crippen molar-refractivity contribution in [1.29, 1.82) is 0 Å². The fraction of sp³-hybridized carbons (Fsp3) is 0.333. The smallest absolute Gasteiger partial charge is 0.164 e. The van der Waals surface area contributed by atoms with Crippen molar-refractivity contribution >= 4 is 11.6 Å². The lowest BCUT2D eigenvalue weighted by atomic mass is 10.0. The van der Waals surface area contributed by atoms with E-state index in [1.165, 1.54) is 0 Å². The van der Waals surface area contributed by atoms with Gasteiger partial charge in [0, 0.05) is 11.6 Å². The van der Waals surface area contributed by atoms with Crippen molar-refractivity contribution in [3.05, 3.63) is 35.1 Å². The summed E-state index contributed by atoms with van der Waals surface area (Å²) in [6, 6.07) is 0.956. The van der Waals surface area contributed by atoms with Gasteiger partial charge < -0.3 is 10.2 Å². The Balaban J connectivity index is 3.13. The van der Waals surface area contributed by atoms with Crippen LogP contribution in [0.15, 0.2) is 12.1 Å². The number of aliphatic hydroxyl groups is 2. The van der Waals surface area contributed by atoms with Gasteiger partial charge >= 0.3 is 0 Å². The topological polar surface area (TPSA) is 40.5 Å². The van der Waals surface area contributed by atoms with Crippen LogP contribution in [0, 0.1) is 17.5 Å². The van der Waals surface area contributed by atoms with E-state index in [1.807, 2.05) is 0 Å². The summed E-state index contributed by atoms with van der Waals surface area (Å²) in [5.74, 6) is -4.23. The Morgan fingerprint density at radius 3 is 2.33 bits per heavy atom. The first-order chi connectivity index (χ1) is 6.97. The fourth-order valence-electron chi connectivity index (χ4n) is 1.08. The van der Waals surface area contributed by atoms with Crippen molar-refractivity contribution < 1.29 is 23.4 Å². The van der Waals surface area contributed by atoms with Crippen LogP contribution in [0.3, 0.4) is 0 Å². The van der Waals surface area contributed by atoms with Crippen molar-refractivity contribution in [1.82, 2.24) is 0 Å². The van der Waals surface area contributed by atoms with Crippen LogP contribution in [0.4, 0.5) is 13.2 Å². The van der Waals surface area contributed by atoms with E-state index in [0.717, 1.165) is 0 Å². The van der Waals surface area contributed by atoms with E-state index in [9.17, 15) is 18.3 Å². The molecule has 15 heavy (non-hydrogen) atoms. The van der Waals surface area contributed by atoms with Gasteiger partial charge in [0.15, 0.2) is 11.6 Å². The van der Waals surface area contributed by atoms with Crippen molar-refractivity contribution in [2.24, 2.45) is 0 Å².